The lowest BCUT2D eigenvalue weighted by Crippen LogP contribution is -2.28. The fraction of sp³-hybridized carbons (Fsp3) is 0.0959. The quantitative estimate of drug-likeness (QED) is 0.154. The van der Waals surface area contributed by atoms with Crippen LogP contribution in [0.3, 0.4) is 0 Å². The highest BCUT2D eigenvalue weighted by atomic mass is 16.3. The molecule has 1 spiro atoms. The van der Waals surface area contributed by atoms with Crippen LogP contribution in [0.15, 0.2) is 246 Å². The zero-order valence-corrected chi connectivity index (χ0v) is 42.2. The van der Waals surface area contributed by atoms with Crippen LogP contribution in [-0.4, -0.2) is 0 Å². The highest BCUT2D eigenvalue weighted by Crippen LogP contribution is 2.64. The minimum absolute atomic E-state index is 0.109. The third-order valence-corrected chi connectivity index (χ3v) is 16.6. The summed E-state index contributed by atoms with van der Waals surface area (Å²) in [4.78, 5) is 2.45. The molecule has 2 heteroatoms. The summed E-state index contributed by atoms with van der Waals surface area (Å²) in [6.07, 6.45) is 8.49. The Morgan fingerprint density at radius 3 is 1.83 bits per heavy atom. The Morgan fingerprint density at radius 1 is 0.493 bits per heavy atom. The van der Waals surface area contributed by atoms with Crippen molar-refractivity contribution in [2.45, 2.75) is 44.4 Å². The first-order valence-corrected chi connectivity index (χ1v) is 26.4. The summed E-state index contributed by atoms with van der Waals surface area (Å²) in [7, 11) is 0. The number of benzene rings is 10. The molecule has 0 saturated carbocycles. The van der Waals surface area contributed by atoms with Gasteiger partial charge in [-0.15, -0.1) is 0 Å². The molecule has 354 valence electrons. The minimum atomic E-state index is -0.487. The van der Waals surface area contributed by atoms with Crippen molar-refractivity contribution >= 4 is 61.1 Å². The van der Waals surface area contributed by atoms with Crippen LogP contribution in [0.2, 0.25) is 0 Å². The number of rotatable bonds is 6. The van der Waals surface area contributed by atoms with Crippen molar-refractivity contribution in [1.82, 2.24) is 0 Å². The number of furan rings is 1. The standard InChI is InChI=1S/C73H51NO/c1-72(2,3)53-36-31-48(32-37-53)46-27-29-47(30-28-46)49-33-38-54(39-34-49)74(67-42-35-50-15-6-7-18-56(50)70(67)60-22-14-26-69-71(60)59-21-10-13-25-68(59)75-69)55-40-41-65-62(45-55)61-43-51-16-4-5-17-52(51)44-66(61)73(65)63-23-11-8-19-57(63)58-20-9-12-24-64(58)73/h4-13,15-21,23-33,35-38,40-45H,14,22H2,1-3H3. The summed E-state index contributed by atoms with van der Waals surface area (Å²) < 4.78 is 6.64. The highest BCUT2D eigenvalue weighted by molar-refractivity contribution is 6.04. The van der Waals surface area contributed by atoms with Gasteiger partial charge in [-0.1, -0.05) is 202 Å². The van der Waals surface area contributed by atoms with E-state index in [2.05, 4.69) is 268 Å². The smallest absolute Gasteiger partial charge is 0.135 e. The summed E-state index contributed by atoms with van der Waals surface area (Å²) in [6.45, 7) is 6.78. The fourth-order valence-corrected chi connectivity index (χ4v) is 13.0. The van der Waals surface area contributed by atoms with Crippen LogP contribution in [-0.2, 0) is 10.8 Å². The topological polar surface area (TPSA) is 16.4 Å². The van der Waals surface area contributed by atoms with Crippen molar-refractivity contribution in [3.05, 3.63) is 291 Å². The zero-order valence-electron chi connectivity index (χ0n) is 42.2. The summed E-state index contributed by atoms with van der Waals surface area (Å²) in [6, 6.07) is 79.0. The molecular weight excluding hydrogens is 907 g/mol. The van der Waals surface area contributed by atoms with E-state index in [-0.39, 0.29) is 5.41 Å². The average molecular weight is 958 g/mol. The second-order valence-electron chi connectivity index (χ2n) is 21.7. The lowest BCUT2D eigenvalue weighted by Gasteiger charge is -2.32. The molecule has 1 aromatic heterocycles. The number of nitrogens with zero attached hydrogens (tertiary/aromatic N) is 1. The van der Waals surface area contributed by atoms with E-state index < -0.39 is 5.41 Å². The van der Waals surface area contributed by atoms with Crippen LogP contribution in [0.5, 0.6) is 0 Å². The van der Waals surface area contributed by atoms with Gasteiger partial charge in [-0.3, -0.25) is 0 Å². The van der Waals surface area contributed by atoms with E-state index in [1.807, 2.05) is 0 Å². The normalized spacial score (nSPS) is 14.6. The van der Waals surface area contributed by atoms with Gasteiger partial charge >= 0.3 is 0 Å². The number of para-hydroxylation sites is 1. The molecule has 0 N–H and O–H groups in total. The van der Waals surface area contributed by atoms with Crippen molar-refractivity contribution in [3.63, 3.8) is 0 Å². The Hall–Kier alpha value is -9.16. The molecule has 75 heavy (non-hydrogen) atoms. The van der Waals surface area contributed by atoms with Crippen molar-refractivity contribution in [2.24, 2.45) is 0 Å². The van der Waals surface area contributed by atoms with Crippen LogP contribution in [0, 0.1) is 0 Å². The summed E-state index contributed by atoms with van der Waals surface area (Å²) in [5.74, 6) is 0. The molecule has 2 nitrogen and oxygen atoms in total. The number of allylic oxidation sites excluding steroid dienone is 3. The Bertz CT molecular complexity index is 4470. The molecule has 0 unspecified atom stereocenters. The predicted octanol–water partition coefficient (Wildman–Crippen LogP) is 17.2. The maximum absolute atomic E-state index is 6.64. The third kappa shape index (κ3) is 6.54. The van der Waals surface area contributed by atoms with E-state index in [0.29, 0.717) is 0 Å². The molecule has 0 atom stereocenters. The number of fused-ring (bicyclic) bond motifs is 15. The van der Waals surface area contributed by atoms with E-state index in [9.17, 15) is 0 Å². The molecule has 11 aromatic rings. The molecule has 0 amide bonds. The first-order chi connectivity index (χ1) is 36.8. The van der Waals surface area contributed by atoms with Gasteiger partial charge in [0.25, 0.3) is 0 Å². The van der Waals surface area contributed by atoms with Crippen molar-refractivity contribution in [1.29, 1.82) is 0 Å². The molecule has 0 radical (unpaired) electrons. The summed E-state index contributed by atoms with van der Waals surface area (Å²) in [5.41, 5.74) is 30.7. The Labute approximate surface area is 437 Å². The maximum Gasteiger partial charge on any atom is 0.135 e. The van der Waals surface area contributed by atoms with Gasteiger partial charge in [0.15, 0.2) is 0 Å². The van der Waals surface area contributed by atoms with Gasteiger partial charge < -0.3 is 9.32 Å². The van der Waals surface area contributed by atoms with E-state index in [0.717, 1.165) is 57.4 Å². The molecule has 0 aliphatic heterocycles. The van der Waals surface area contributed by atoms with Crippen LogP contribution < -0.4 is 15.5 Å². The maximum atomic E-state index is 6.64. The first kappa shape index (κ1) is 43.4. The third-order valence-electron chi connectivity index (χ3n) is 16.6. The van der Waals surface area contributed by atoms with Crippen LogP contribution in [0.4, 0.5) is 11.4 Å². The van der Waals surface area contributed by atoms with Gasteiger partial charge in [0.1, 0.15) is 11.0 Å². The number of hydrogen-bond acceptors (Lipinski definition) is 2. The predicted molar refractivity (Wildman–Crippen MR) is 312 cm³/mol. The molecule has 1 heterocycles. The first-order valence-electron chi connectivity index (χ1n) is 26.4. The molecule has 10 aromatic carbocycles. The van der Waals surface area contributed by atoms with E-state index in [1.54, 1.807) is 0 Å². The largest absolute Gasteiger partial charge is 0.456 e. The van der Waals surface area contributed by atoms with E-state index in [1.165, 1.54) is 99.1 Å². The lowest BCUT2D eigenvalue weighted by atomic mass is 9.70. The van der Waals surface area contributed by atoms with Gasteiger partial charge in [-0.2, -0.15) is 0 Å². The zero-order chi connectivity index (χ0) is 50.0. The van der Waals surface area contributed by atoms with Gasteiger partial charge in [-0.05, 0) is 172 Å². The molecule has 0 fully saturated rings. The van der Waals surface area contributed by atoms with Crippen molar-refractivity contribution in [2.75, 3.05) is 4.90 Å². The molecule has 0 saturated heterocycles. The van der Waals surface area contributed by atoms with Gasteiger partial charge in [-0.25, -0.2) is 0 Å². The Kier molecular flexibility index (Phi) is 9.51. The minimum Gasteiger partial charge on any atom is -0.456 e. The van der Waals surface area contributed by atoms with Crippen LogP contribution >= 0.6 is 0 Å². The molecular formula is C73H51NO. The van der Waals surface area contributed by atoms with E-state index in [4.69, 9.17) is 4.42 Å². The molecule has 4 aliphatic rings. The second kappa shape index (κ2) is 16.4. The molecule has 15 rings (SSSR count). The van der Waals surface area contributed by atoms with Crippen LogP contribution in [0.25, 0.3) is 83.1 Å². The molecule has 4 aliphatic carbocycles. The van der Waals surface area contributed by atoms with Crippen molar-refractivity contribution < 1.29 is 4.42 Å². The second-order valence-corrected chi connectivity index (χ2v) is 21.7. The lowest BCUT2D eigenvalue weighted by molar-refractivity contribution is 0.571. The van der Waals surface area contributed by atoms with Gasteiger partial charge in [0.2, 0.25) is 0 Å². The average Bonchev–Trinajstić information content (AvgIpc) is 4.09. The van der Waals surface area contributed by atoms with Gasteiger partial charge in [0, 0.05) is 27.4 Å². The summed E-state index contributed by atoms with van der Waals surface area (Å²) >= 11 is 0. The Balaban J connectivity index is 0.978. The van der Waals surface area contributed by atoms with Gasteiger partial charge in [0.05, 0.1) is 16.8 Å². The number of hydrogen-bond donors (Lipinski definition) is 0. The monoisotopic (exact) mass is 957 g/mol. The van der Waals surface area contributed by atoms with Crippen LogP contribution in [0.1, 0.15) is 72.6 Å². The highest BCUT2D eigenvalue weighted by Gasteiger charge is 2.52. The summed E-state index contributed by atoms with van der Waals surface area (Å²) in [5, 5.41) is 7.21. The van der Waals surface area contributed by atoms with Crippen molar-refractivity contribution in [3.8, 4) is 33.4 Å². The Morgan fingerprint density at radius 2 is 1.11 bits per heavy atom. The number of anilines is 2. The van der Waals surface area contributed by atoms with E-state index >= 15 is 0 Å². The molecule has 0 bridgehead atoms. The fourth-order valence-electron chi connectivity index (χ4n) is 13.0. The SMILES string of the molecule is CC(C)(C)c1ccc(-c2ccc(C3=C=C=C(N(c4ccc5c(c4)-c4cc6ccccc6cc4C54c5ccccc5-c5ccccc54)c4ccc5ccccc5c4C4=c5c(oc6ccccc56)=CCC4)C=C3)cc2)cc1.